The molecule has 0 fully saturated rings. The van der Waals surface area contributed by atoms with Crippen molar-refractivity contribution in [3.05, 3.63) is 64.5 Å². The van der Waals surface area contributed by atoms with Crippen LogP contribution in [0.15, 0.2) is 36.4 Å². The maximum atomic E-state index is 15.3. The molecule has 44 heavy (non-hydrogen) atoms. The lowest BCUT2D eigenvalue weighted by atomic mass is 9.40. The van der Waals surface area contributed by atoms with Crippen molar-refractivity contribution >= 4 is 63.5 Å². The minimum atomic E-state index is -2.86. The fourth-order valence-corrected chi connectivity index (χ4v) is 4.82. The Balaban J connectivity index is 2.39. The van der Waals surface area contributed by atoms with E-state index in [1.54, 1.807) is 42.2 Å². The van der Waals surface area contributed by atoms with Crippen molar-refractivity contribution in [2.45, 2.75) is 56.0 Å². The Bertz CT molecular complexity index is 1310. The number of carbonyl (C=O) groups is 3. The van der Waals surface area contributed by atoms with E-state index in [2.05, 4.69) is 10.6 Å². The van der Waals surface area contributed by atoms with E-state index in [-0.39, 0.29) is 50.4 Å². The minimum absolute atomic E-state index is 0.0116. The molecule has 2 atom stereocenters. The molecule has 9 nitrogen and oxygen atoms in total. The summed E-state index contributed by atoms with van der Waals surface area (Å²) in [7, 11) is 31.3. The number of hydrogen-bond donors (Lipinski definition) is 4. The third-order valence-electron chi connectivity index (χ3n) is 7.48. The first-order valence-corrected chi connectivity index (χ1v) is 14.0. The molecule has 2 unspecified atom stereocenters. The molecule has 0 aliphatic heterocycles. The van der Waals surface area contributed by atoms with E-state index in [0.29, 0.717) is 28.9 Å². The summed E-state index contributed by atoms with van der Waals surface area (Å²) in [5.74, 6) is -1.30. The van der Waals surface area contributed by atoms with Gasteiger partial charge in [0.1, 0.15) is 26.0 Å². The average Bonchev–Trinajstić information content (AvgIpc) is 2.96. The zero-order chi connectivity index (χ0) is 33.5. The number of carbonyl (C=O) groups excluding carboxylic acids is 3. The summed E-state index contributed by atoms with van der Waals surface area (Å²) in [4.78, 5) is 39.1. The molecule has 4 N–H and O–H groups in total. The van der Waals surface area contributed by atoms with Gasteiger partial charge in [-0.15, -0.1) is 0 Å². The summed E-state index contributed by atoms with van der Waals surface area (Å²) >= 11 is 0. The second-order valence-corrected chi connectivity index (χ2v) is 11.3. The molecular weight excluding hydrogens is 557 g/mol. The van der Waals surface area contributed by atoms with Crippen molar-refractivity contribution in [1.29, 1.82) is 0 Å². The van der Waals surface area contributed by atoms with Crippen LogP contribution in [-0.4, -0.2) is 116 Å². The van der Waals surface area contributed by atoms with Gasteiger partial charge in [0, 0.05) is 43.4 Å². The topological polar surface area (TPSA) is 122 Å². The number of benzene rings is 2. The van der Waals surface area contributed by atoms with Crippen molar-refractivity contribution in [3.8, 4) is 0 Å². The number of nitrogens with zero attached hydrogens (tertiary/aromatic N) is 2. The number of aryl methyl sites for hydroxylation is 1. The second-order valence-electron chi connectivity index (χ2n) is 11.3. The Morgan fingerprint density at radius 2 is 1.77 bits per heavy atom. The predicted octanol–water partition coefficient (Wildman–Crippen LogP) is -0.274. The van der Waals surface area contributed by atoms with E-state index in [1.165, 1.54) is 13.1 Å². The molecule has 0 aliphatic rings. The van der Waals surface area contributed by atoms with Crippen LogP contribution >= 0.6 is 0 Å². The first-order valence-electron chi connectivity index (χ1n) is 14.0. The number of hydrogen-bond acceptors (Lipinski definition) is 7. The lowest BCUT2D eigenvalue weighted by Gasteiger charge is -2.46. The molecule has 0 aliphatic carbocycles. The minimum Gasteiger partial charge on any atom is -0.398 e. The number of aliphatic hydroxyl groups excluding tert-OH is 1. The van der Waals surface area contributed by atoms with Crippen molar-refractivity contribution < 1.29 is 29.0 Å². The monoisotopic (exact) mass is 594 g/mol. The average molecular weight is 594 g/mol. The number of nitrogens with one attached hydrogen (secondary N) is 2. The van der Waals surface area contributed by atoms with E-state index >= 15 is 4.39 Å². The molecule has 2 aromatic carbocycles. The third-order valence-corrected chi connectivity index (χ3v) is 7.48. The summed E-state index contributed by atoms with van der Waals surface area (Å²) in [6, 6.07) is 7.72. The number of amides is 2. The highest BCUT2D eigenvalue weighted by atomic mass is 19.1. The summed E-state index contributed by atoms with van der Waals surface area (Å²) in [5, 5.41) is 21.7. The third kappa shape index (κ3) is 8.37. The molecule has 2 aromatic rings. The van der Waals surface area contributed by atoms with Crippen LogP contribution < -0.4 is 10.6 Å². The fraction of sp³-hybridized carbons (Fsp3) is 0.483. The number of likely N-dealkylation sites (N-methyl/N-ethyl adjacent to an activating group) is 1. The molecule has 15 heteroatoms. The molecule has 0 heterocycles. The molecule has 10 radical (unpaired) electrons. The molecule has 2 rings (SSSR count). The Kier molecular flexibility index (Phi) is 12.9. The Labute approximate surface area is 265 Å². The van der Waals surface area contributed by atoms with Crippen LogP contribution in [-0.2, 0) is 32.8 Å². The van der Waals surface area contributed by atoms with Crippen LogP contribution in [0.25, 0.3) is 0 Å². The van der Waals surface area contributed by atoms with Gasteiger partial charge in [-0.25, -0.2) is 4.39 Å². The number of aliphatic hydroxyl groups is 2. The molecule has 2 amide bonds. The SMILES string of the molecule is [B]C([B])(c1ccc(CNc2cccc(C)c2CN(C=O)C(C(=O)NC)C([B])(O)C([B])([B])C=O)c(F)c1)N(CCO)CC(C)C. The maximum Gasteiger partial charge on any atom is 0.244 e. The van der Waals surface area contributed by atoms with Gasteiger partial charge in [-0.1, -0.05) is 38.1 Å². The maximum absolute atomic E-state index is 15.3. The van der Waals surface area contributed by atoms with Crippen LogP contribution in [0.2, 0.25) is 5.21 Å². The molecular formula is C29H36B5FN4O5. The Hall–Kier alpha value is -3.02. The van der Waals surface area contributed by atoms with Gasteiger partial charge in [0.05, 0.1) is 38.0 Å². The van der Waals surface area contributed by atoms with Crippen molar-refractivity contribution in [3.63, 3.8) is 0 Å². The second kappa shape index (κ2) is 15.3. The quantitative estimate of drug-likeness (QED) is 0.147. The Morgan fingerprint density at radius 3 is 2.30 bits per heavy atom. The van der Waals surface area contributed by atoms with Gasteiger partial charge in [-0.2, -0.15) is 0 Å². The lowest BCUT2D eigenvalue weighted by molar-refractivity contribution is -0.141. The molecule has 224 valence electrons. The van der Waals surface area contributed by atoms with Crippen LogP contribution in [0.5, 0.6) is 0 Å². The summed E-state index contributed by atoms with van der Waals surface area (Å²) in [5.41, 5.74) is -0.587. The van der Waals surface area contributed by atoms with Crippen molar-refractivity contribution in [2.24, 2.45) is 5.92 Å². The van der Waals surface area contributed by atoms with Gasteiger partial charge in [-0.05, 0) is 58.8 Å². The highest BCUT2D eigenvalue weighted by molar-refractivity contribution is 6.52. The fourth-order valence-electron chi connectivity index (χ4n) is 4.82. The number of anilines is 1. The molecule has 0 spiro atoms. The number of rotatable bonds is 17. The lowest BCUT2D eigenvalue weighted by Crippen LogP contribution is -2.65. The van der Waals surface area contributed by atoms with E-state index in [0.717, 1.165) is 4.90 Å². The van der Waals surface area contributed by atoms with Gasteiger partial charge in [-0.3, -0.25) is 9.59 Å². The van der Waals surface area contributed by atoms with Crippen LogP contribution in [0, 0.1) is 18.7 Å². The Morgan fingerprint density at radius 1 is 1.11 bits per heavy atom. The van der Waals surface area contributed by atoms with Gasteiger partial charge < -0.3 is 35.4 Å². The van der Waals surface area contributed by atoms with Gasteiger partial charge in [0.15, 0.2) is 0 Å². The van der Waals surface area contributed by atoms with E-state index < -0.39 is 33.8 Å². The first kappa shape index (κ1) is 37.2. The number of aldehydes is 1. The van der Waals surface area contributed by atoms with Gasteiger partial charge >= 0.3 is 0 Å². The molecule has 0 saturated heterocycles. The standard InChI is InChI=1S/C29H36B5FN4O5/c1-18(2)14-39(10-11-40)29(33,34)21-9-8-20(23(35)12-21)13-37-24-7-5-6-19(3)22(24)15-38(17-42)25(26(43)36-4)28(32,44)27(30,31)16-41/h5-9,12,16-18,25,37,40,44H,10-11,13-15H2,1-4H3,(H,36,43). The van der Waals surface area contributed by atoms with Crippen molar-refractivity contribution in [2.75, 3.05) is 32.1 Å². The van der Waals surface area contributed by atoms with Crippen LogP contribution in [0.1, 0.15) is 36.1 Å². The summed E-state index contributed by atoms with van der Waals surface area (Å²) < 4.78 is 15.3. The van der Waals surface area contributed by atoms with Crippen LogP contribution in [0.4, 0.5) is 10.1 Å². The zero-order valence-corrected chi connectivity index (χ0v) is 25.6. The summed E-state index contributed by atoms with van der Waals surface area (Å²) in [6.07, 6.45) is 0.263. The molecule has 0 saturated carbocycles. The summed E-state index contributed by atoms with van der Waals surface area (Å²) in [6.45, 7) is 5.98. The van der Waals surface area contributed by atoms with E-state index in [9.17, 15) is 24.6 Å². The molecule has 0 aromatic heterocycles. The van der Waals surface area contributed by atoms with Gasteiger partial charge in [0.2, 0.25) is 12.3 Å². The largest absolute Gasteiger partial charge is 0.398 e. The molecule has 0 bridgehead atoms. The normalized spacial score (nSPS) is 14.1. The first-order chi connectivity index (χ1) is 20.5. The highest BCUT2D eigenvalue weighted by Crippen LogP contribution is 2.34. The number of halogens is 1. The van der Waals surface area contributed by atoms with E-state index in [1.807, 2.05) is 13.8 Å². The van der Waals surface area contributed by atoms with Gasteiger partial charge in [0.25, 0.3) is 0 Å². The zero-order valence-electron chi connectivity index (χ0n) is 25.6. The highest BCUT2D eigenvalue weighted by Gasteiger charge is 2.49. The van der Waals surface area contributed by atoms with Crippen LogP contribution in [0.3, 0.4) is 0 Å². The smallest absolute Gasteiger partial charge is 0.244 e. The van der Waals surface area contributed by atoms with Crippen molar-refractivity contribution in [1.82, 2.24) is 15.1 Å². The predicted molar refractivity (Wildman–Crippen MR) is 172 cm³/mol. The van der Waals surface area contributed by atoms with E-state index in [4.69, 9.17) is 39.2 Å².